The van der Waals surface area contributed by atoms with Crippen molar-refractivity contribution in [1.82, 2.24) is 10.9 Å². The summed E-state index contributed by atoms with van der Waals surface area (Å²) < 4.78 is 0. The fourth-order valence-corrected chi connectivity index (χ4v) is 3.90. The predicted molar refractivity (Wildman–Crippen MR) is 80.1 cm³/mol. The van der Waals surface area contributed by atoms with E-state index in [1.807, 2.05) is 6.07 Å². The lowest BCUT2D eigenvalue weighted by Crippen LogP contribution is -2.42. The number of nitrogens with one attached hydrogen (secondary N) is 2. The van der Waals surface area contributed by atoms with Crippen LogP contribution in [0, 0.1) is 16.0 Å². The van der Waals surface area contributed by atoms with E-state index < -0.39 is 22.8 Å². The van der Waals surface area contributed by atoms with Crippen LogP contribution < -0.4 is 10.9 Å². The lowest BCUT2D eigenvalue weighted by molar-refractivity contribution is -0.497. The van der Waals surface area contributed by atoms with Crippen LogP contribution in [0.5, 0.6) is 0 Å². The fourth-order valence-electron chi connectivity index (χ4n) is 2.75. The average Bonchev–Trinajstić information content (AvgIpc) is 3.24. The van der Waals surface area contributed by atoms with Crippen molar-refractivity contribution in [1.29, 1.82) is 0 Å². The van der Waals surface area contributed by atoms with Crippen LogP contribution in [0.1, 0.15) is 45.8 Å². The summed E-state index contributed by atoms with van der Waals surface area (Å²) in [5, 5.41) is 10.5. The van der Waals surface area contributed by atoms with E-state index >= 15 is 0 Å². The number of hydrogen-bond acceptors (Lipinski definition) is 5. The maximum absolute atomic E-state index is 12.1. The van der Waals surface area contributed by atoms with Crippen molar-refractivity contribution in [3.8, 4) is 0 Å². The van der Waals surface area contributed by atoms with E-state index in [0.29, 0.717) is 4.88 Å². The maximum Gasteiger partial charge on any atom is 0.279 e. The fraction of sp³-hybridized carbons (Fsp3) is 0.571. The average molecular weight is 323 g/mol. The minimum Gasteiger partial charge on any atom is -0.273 e. The number of hydrogen-bond donors (Lipinski definition) is 2. The smallest absolute Gasteiger partial charge is 0.273 e. The van der Waals surface area contributed by atoms with Gasteiger partial charge in [-0.3, -0.25) is 30.6 Å². The molecule has 7 nitrogen and oxygen atoms in total. The Kier molecular flexibility index (Phi) is 4.10. The van der Waals surface area contributed by atoms with E-state index in [1.165, 1.54) is 28.2 Å². The minimum absolute atomic E-state index is 0.238. The Bertz CT molecular complexity index is 604. The van der Waals surface area contributed by atoms with Gasteiger partial charge >= 0.3 is 0 Å². The highest BCUT2D eigenvalue weighted by Crippen LogP contribution is 2.33. The number of thiophene rings is 1. The lowest BCUT2D eigenvalue weighted by atomic mass is 10.1. The predicted octanol–water partition coefficient (Wildman–Crippen LogP) is 1.44. The second kappa shape index (κ2) is 6.04. The molecule has 0 bridgehead atoms. The maximum atomic E-state index is 12.1. The summed E-state index contributed by atoms with van der Waals surface area (Å²) in [5.74, 6) is -1.48. The van der Waals surface area contributed by atoms with Crippen molar-refractivity contribution in [2.24, 2.45) is 5.92 Å². The molecule has 2 atom stereocenters. The molecule has 2 amide bonds. The number of aryl methyl sites for hydroxylation is 2. The van der Waals surface area contributed by atoms with Crippen molar-refractivity contribution in [2.45, 2.75) is 44.6 Å². The molecule has 0 radical (unpaired) electrons. The van der Waals surface area contributed by atoms with Gasteiger partial charge in [-0.25, -0.2) is 0 Å². The largest absolute Gasteiger partial charge is 0.279 e. The standard InChI is InChI=1S/C14H17N3O4S/c18-13(9-7-10(9)17(20)21)15-16-14(19)12-6-8-4-2-1-3-5-11(8)22-12/h6,9-10H,1-5,7H2,(H,15,18)(H,16,19)/t9-,10-/m1/s1. The highest BCUT2D eigenvalue weighted by molar-refractivity contribution is 7.14. The molecule has 22 heavy (non-hydrogen) atoms. The first kappa shape index (κ1) is 15.0. The molecule has 1 aromatic rings. The van der Waals surface area contributed by atoms with Gasteiger partial charge in [-0.05, 0) is 37.3 Å². The van der Waals surface area contributed by atoms with Crippen LogP contribution in [0.2, 0.25) is 0 Å². The molecule has 2 aliphatic rings. The van der Waals surface area contributed by atoms with Crippen LogP contribution in [-0.4, -0.2) is 22.8 Å². The Labute approximate surface area is 131 Å². The Morgan fingerprint density at radius 3 is 2.73 bits per heavy atom. The molecular formula is C14H17N3O4S. The van der Waals surface area contributed by atoms with E-state index in [9.17, 15) is 19.7 Å². The summed E-state index contributed by atoms with van der Waals surface area (Å²) in [5.41, 5.74) is 5.87. The molecule has 0 aliphatic heterocycles. The number of carbonyl (C=O) groups is 2. The summed E-state index contributed by atoms with van der Waals surface area (Å²) in [6.07, 6.45) is 5.75. The van der Waals surface area contributed by atoms with Crippen molar-refractivity contribution >= 4 is 23.2 Å². The third-order valence-corrected chi connectivity index (χ3v) is 5.37. The van der Waals surface area contributed by atoms with Gasteiger partial charge in [0.15, 0.2) is 0 Å². The third-order valence-electron chi connectivity index (χ3n) is 4.13. The quantitative estimate of drug-likeness (QED) is 0.499. The molecule has 1 aromatic heterocycles. The third kappa shape index (κ3) is 3.11. The van der Waals surface area contributed by atoms with Gasteiger partial charge in [0, 0.05) is 16.2 Å². The number of nitrogens with zero attached hydrogens (tertiary/aromatic N) is 1. The molecule has 0 spiro atoms. The molecule has 118 valence electrons. The molecule has 1 saturated carbocycles. The van der Waals surface area contributed by atoms with Crippen LogP contribution in [0.25, 0.3) is 0 Å². The van der Waals surface area contributed by atoms with Crippen molar-refractivity contribution < 1.29 is 14.5 Å². The van der Waals surface area contributed by atoms with Gasteiger partial charge in [-0.15, -0.1) is 11.3 Å². The Morgan fingerprint density at radius 1 is 1.23 bits per heavy atom. The van der Waals surface area contributed by atoms with Crippen LogP contribution in [0.4, 0.5) is 0 Å². The Morgan fingerprint density at radius 2 is 2.00 bits per heavy atom. The monoisotopic (exact) mass is 323 g/mol. The summed E-state index contributed by atoms with van der Waals surface area (Å²) in [4.78, 5) is 35.6. The van der Waals surface area contributed by atoms with Crippen LogP contribution in [0.3, 0.4) is 0 Å². The zero-order valence-electron chi connectivity index (χ0n) is 12.0. The van der Waals surface area contributed by atoms with Gasteiger partial charge in [0.05, 0.1) is 4.88 Å². The van der Waals surface area contributed by atoms with Gasteiger partial charge < -0.3 is 0 Å². The van der Waals surface area contributed by atoms with Crippen molar-refractivity contribution in [3.05, 3.63) is 31.5 Å². The number of rotatable bonds is 3. The van der Waals surface area contributed by atoms with Crippen LogP contribution in [-0.2, 0) is 17.6 Å². The van der Waals surface area contributed by atoms with E-state index in [0.717, 1.165) is 25.7 Å². The van der Waals surface area contributed by atoms with Crippen molar-refractivity contribution in [3.63, 3.8) is 0 Å². The van der Waals surface area contributed by atoms with Gasteiger partial charge in [-0.2, -0.15) is 0 Å². The molecule has 0 unspecified atom stereocenters. The number of hydrazine groups is 1. The van der Waals surface area contributed by atoms with E-state index in [2.05, 4.69) is 10.9 Å². The molecule has 1 heterocycles. The molecule has 0 aromatic carbocycles. The first-order valence-electron chi connectivity index (χ1n) is 7.41. The minimum atomic E-state index is -0.810. The second-order valence-electron chi connectivity index (χ2n) is 5.76. The topological polar surface area (TPSA) is 101 Å². The van der Waals surface area contributed by atoms with Gasteiger partial charge in [0.25, 0.3) is 5.91 Å². The molecule has 3 rings (SSSR count). The molecule has 2 aliphatic carbocycles. The van der Waals surface area contributed by atoms with Gasteiger partial charge in [-0.1, -0.05) is 6.42 Å². The summed E-state index contributed by atoms with van der Waals surface area (Å²) in [6.45, 7) is 0. The zero-order chi connectivity index (χ0) is 15.7. The summed E-state index contributed by atoms with van der Waals surface area (Å²) in [7, 11) is 0. The summed E-state index contributed by atoms with van der Waals surface area (Å²) in [6, 6.07) is 1.08. The highest BCUT2D eigenvalue weighted by Gasteiger charge is 2.53. The van der Waals surface area contributed by atoms with E-state index in [1.54, 1.807) is 0 Å². The number of carbonyl (C=O) groups excluding carboxylic acids is 2. The first-order chi connectivity index (χ1) is 10.6. The van der Waals surface area contributed by atoms with Crippen molar-refractivity contribution in [2.75, 3.05) is 0 Å². The Balaban J connectivity index is 1.54. The van der Waals surface area contributed by atoms with E-state index in [4.69, 9.17) is 0 Å². The van der Waals surface area contributed by atoms with Gasteiger partial charge in [0.2, 0.25) is 11.9 Å². The lowest BCUT2D eigenvalue weighted by Gasteiger charge is -2.04. The second-order valence-corrected chi connectivity index (χ2v) is 6.89. The van der Waals surface area contributed by atoms with E-state index in [-0.39, 0.29) is 12.3 Å². The number of amides is 2. The SMILES string of the molecule is O=C(NNC(=O)[C@@H]1C[C@H]1[N+](=O)[O-])c1cc2c(s1)CCCCC2. The van der Waals surface area contributed by atoms with Crippen LogP contribution >= 0.6 is 11.3 Å². The molecular weight excluding hydrogens is 306 g/mol. The van der Waals surface area contributed by atoms with Gasteiger partial charge in [0.1, 0.15) is 5.92 Å². The normalized spacial score (nSPS) is 23.1. The highest BCUT2D eigenvalue weighted by atomic mass is 32.1. The summed E-state index contributed by atoms with van der Waals surface area (Å²) >= 11 is 1.47. The molecule has 8 heteroatoms. The number of nitro groups is 1. The number of fused-ring (bicyclic) bond motifs is 1. The first-order valence-corrected chi connectivity index (χ1v) is 8.23. The molecule has 1 fully saturated rings. The Hall–Kier alpha value is -1.96. The van der Waals surface area contributed by atoms with Crippen LogP contribution in [0.15, 0.2) is 6.07 Å². The molecule has 2 N–H and O–H groups in total. The zero-order valence-corrected chi connectivity index (χ0v) is 12.8. The molecule has 0 saturated heterocycles.